The van der Waals surface area contributed by atoms with Crippen LogP contribution in [0.15, 0.2) is 59.5 Å². The highest BCUT2D eigenvalue weighted by molar-refractivity contribution is 5.82. The van der Waals surface area contributed by atoms with Crippen molar-refractivity contribution in [1.82, 2.24) is 14.8 Å². The summed E-state index contributed by atoms with van der Waals surface area (Å²) in [4.78, 5) is 40.5. The van der Waals surface area contributed by atoms with Gasteiger partial charge in [0.15, 0.2) is 0 Å². The number of halogens is 3. The number of carboxylic acid groups (broad SMARTS) is 1. The average Bonchev–Trinajstić information content (AvgIpc) is 2.89. The Morgan fingerprint density at radius 2 is 1.65 bits per heavy atom. The monoisotopic (exact) mass is 599 g/mol. The normalized spacial score (nSPS) is 13.3. The molecule has 3 aromatic rings. The van der Waals surface area contributed by atoms with E-state index in [0.717, 1.165) is 33.0 Å². The molecule has 0 aliphatic heterocycles. The number of aryl methyl sites for hydroxylation is 2. The first kappa shape index (κ1) is 33.6. The molecular formula is C33H40F3N3O4. The van der Waals surface area contributed by atoms with E-state index in [-0.39, 0.29) is 24.3 Å². The lowest BCUT2D eigenvalue weighted by Gasteiger charge is -2.26. The SMILES string of the molecule is Cc1cccc(C)c1-c1cccc(C(CC(=O)O)NC(=O)C(CC(C)C)n2cc(CCN(C)C)c(C(F)(F)F)cc2=O)c1. The van der Waals surface area contributed by atoms with E-state index in [9.17, 15) is 32.7 Å². The number of carbonyl (C=O) groups excluding carboxylic acids is 1. The molecule has 0 bridgehead atoms. The predicted molar refractivity (Wildman–Crippen MR) is 161 cm³/mol. The van der Waals surface area contributed by atoms with Gasteiger partial charge < -0.3 is 19.9 Å². The molecule has 1 aromatic heterocycles. The second-order valence-electron chi connectivity index (χ2n) is 11.7. The van der Waals surface area contributed by atoms with E-state index < -0.39 is 47.7 Å². The third-order valence-corrected chi connectivity index (χ3v) is 7.38. The molecule has 1 heterocycles. The number of nitrogens with zero attached hydrogens (tertiary/aromatic N) is 2. The quantitative estimate of drug-likeness (QED) is 0.260. The fraction of sp³-hybridized carbons (Fsp3) is 0.424. The van der Waals surface area contributed by atoms with Crippen LogP contribution in [0.2, 0.25) is 0 Å². The van der Waals surface area contributed by atoms with Gasteiger partial charge in [0.1, 0.15) is 6.04 Å². The van der Waals surface area contributed by atoms with Crippen molar-refractivity contribution in [3.05, 3.63) is 92.9 Å². The van der Waals surface area contributed by atoms with E-state index in [1.807, 2.05) is 58.0 Å². The van der Waals surface area contributed by atoms with Crippen molar-refractivity contribution in [1.29, 1.82) is 0 Å². The van der Waals surface area contributed by atoms with Crippen LogP contribution < -0.4 is 10.9 Å². The van der Waals surface area contributed by atoms with Gasteiger partial charge in [-0.1, -0.05) is 50.2 Å². The van der Waals surface area contributed by atoms with Gasteiger partial charge in [0.2, 0.25) is 5.91 Å². The van der Waals surface area contributed by atoms with Crippen molar-refractivity contribution in [2.75, 3.05) is 20.6 Å². The molecule has 0 radical (unpaired) electrons. The van der Waals surface area contributed by atoms with Gasteiger partial charge in [0.25, 0.3) is 5.56 Å². The van der Waals surface area contributed by atoms with Gasteiger partial charge in [-0.05, 0) is 86.1 Å². The van der Waals surface area contributed by atoms with Crippen molar-refractivity contribution in [2.45, 2.75) is 65.2 Å². The van der Waals surface area contributed by atoms with E-state index in [4.69, 9.17) is 0 Å². The second-order valence-corrected chi connectivity index (χ2v) is 11.7. The number of amides is 1. The van der Waals surface area contributed by atoms with Crippen LogP contribution in [0.25, 0.3) is 11.1 Å². The number of aliphatic carboxylic acids is 1. The molecular weight excluding hydrogens is 559 g/mol. The first-order valence-corrected chi connectivity index (χ1v) is 14.2. The molecule has 3 rings (SSSR count). The number of likely N-dealkylation sites (N-methyl/N-ethyl adjacent to an activating group) is 1. The Morgan fingerprint density at radius 1 is 1.02 bits per heavy atom. The van der Waals surface area contributed by atoms with Gasteiger partial charge in [0.05, 0.1) is 18.0 Å². The molecule has 7 nitrogen and oxygen atoms in total. The third-order valence-electron chi connectivity index (χ3n) is 7.38. The fourth-order valence-corrected chi connectivity index (χ4v) is 5.31. The number of alkyl halides is 3. The van der Waals surface area contributed by atoms with E-state index in [2.05, 4.69) is 5.32 Å². The van der Waals surface area contributed by atoms with Gasteiger partial charge in [0, 0.05) is 18.8 Å². The topological polar surface area (TPSA) is 91.6 Å². The van der Waals surface area contributed by atoms with Gasteiger partial charge >= 0.3 is 12.1 Å². The van der Waals surface area contributed by atoms with Gasteiger partial charge in [-0.2, -0.15) is 13.2 Å². The zero-order valence-electron chi connectivity index (χ0n) is 25.5. The van der Waals surface area contributed by atoms with Crippen LogP contribution in [-0.2, 0) is 22.2 Å². The van der Waals surface area contributed by atoms with Crippen LogP contribution in [-0.4, -0.2) is 47.1 Å². The fourth-order valence-electron chi connectivity index (χ4n) is 5.31. The summed E-state index contributed by atoms with van der Waals surface area (Å²) in [5.41, 5.74) is 2.45. The van der Waals surface area contributed by atoms with Gasteiger partial charge in [-0.15, -0.1) is 0 Å². The number of hydrogen-bond donors (Lipinski definition) is 2. The van der Waals surface area contributed by atoms with Gasteiger partial charge in [-0.25, -0.2) is 0 Å². The number of benzene rings is 2. The smallest absolute Gasteiger partial charge is 0.416 e. The molecule has 10 heteroatoms. The summed E-state index contributed by atoms with van der Waals surface area (Å²) >= 11 is 0. The molecule has 0 saturated heterocycles. The van der Waals surface area contributed by atoms with Crippen LogP contribution in [0, 0.1) is 19.8 Å². The van der Waals surface area contributed by atoms with E-state index >= 15 is 0 Å². The number of rotatable bonds is 12. The number of carbonyl (C=O) groups is 2. The maximum Gasteiger partial charge on any atom is 0.416 e. The van der Waals surface area contributed by atoms with Crippen LogP contribution in [0.1, 0.15) is 66.6 Å². The molecule has 2 unspecified atom stereocenters. The van der Waals surface area contributed by atoms with E-state index in [1.54, 1.807) is 31.1 Å². The van der Waals surface area contributed by atoms with Crippen LogP contribution in [0.4, 0.5) is 13.2 Å². The van der Waals surface area contributed by atoms with E-state index in [1.165, 1.54) is 0 Å². The van der Waals surface area contributed by atoms with Crippen molar-refractivity contribution >= 4 is 11.9 Å². The molecule has 1 amide bonds. The minimum atomic E-state index is -4.73. The minimum Gasteiger partial charge on any atom is -0.481 e. The highest BCUT2D eigenvalue weighted by atomic mass is 19.4. The zero-order valence-corrected chi connectivity index (χ0v) is 25.5. The molecule has 0 aliphatic rings. The zero-order chi connectivity index (χ0) is 32.1. The number of pyridine rings is 1. The van der Waals surface area contributed by atoms with Gasteiger partial charge in [-0.3, -0.25) is 14.4 Å². The lowest BCUT2D eigenvalue weighted by Crippen LogP contribution is -2.40. The lowest BCUT2D eigenvalue weighted by molar-refractivity contribution is -0.139. The standard InChI is InChI=1S/C33H40F3N3O4/c1-20(2)15-28(39-19-25(13-14-38(5)6)26(17-29(39)40)33(34,35)36)32(43)37-27(18-30(41)42)23-11-8-12-24(16-23)31-21(3)9-7-10-22(31)4/h7-12,16-17,19-20,27-28H,13-15,18H2,1-6H3,(H,37,43)(H,41,42). The summed E-state index contributed by atoms with van der Waals surface area (Å²) in [7, 11) is 3.46. The average molecular weight is 600 g/mol. The summed E-state index contributed by atoms with van der Waals surface area (Å²) in [5.74, 6) is -1.88. The van der Waals surface area contributed by atoms with Crippen molar-refractivity contribution < 1.29 is 27.9 Å². The Balaban J connectivity index is 2.06. The Bertz CT molecular complexity index is 1490. The number of aromatic nitrogens is 1. The van der Waals surface area contributed by atoms with E-state index in [0.29, 0.717) is 18.2 Å². The molecule has 43 heavy (non-hydrogen) atoms. The van der Waals surface area contributed by atoms with Crippen molar-refractivity contribution in [2.24, 2.45) is 5.92 Å². The number of hydrogen-bond acceptors (Lipinski definition) is 4. The maximum absolute atomic E-state index is 13.8. The van der Waals surface area contributed by atoms with Crippen LogP contribution in [0.5, 0.6) is 0 Å². The summed E-state index contributed by atoms with van der Waals surface area (Å²) in [5, 5.41) is 12.5. The summed E-state index contributed by atoms with van der Waals surface area (Å²) < 4.78 is 42.6. The molecule has 2 N–H and O–H groups in total. The van der Waals surface area contributed by atoms with Crippen LogP contribution in [0.3, 0.4) is 0 Å². The summed E-state index contributed by atoms with van der Waals surface area (Å²) in [6.45, 7) is 7.95. The van der Waals surface area contributed by atoms with Crippen LogP contribution >= 0.6 is 0 Å². The third kappa shape index (κ3) is 8.79. The number of carboxylic acids is 1. The minimum absolute atomic E-state index is 0.0187. The predicted octanol–water partition coefficient (Wildman–Crippen LogP) is 6.17. The largest absolute Gasteiger partial charge is 0.481 e. The first-order valence-electron chi connectivity index (χ1n) is 14.2. The highest BCUT2D eigenvalue weighted by Crippen LogP contribution is 2.33. The number of nitrogens with one attached hydrogen (secondary N) is 1. The molecule has 2 aromatic carbocycles. The lowest BCUT2D eigenvalue weighted by atomic mass is 9.92. The Hall–Kier alpha value is -3.92. The Morgan fingerprint density at radius 3 is 2.21 bits per heavy atom. The molecule has 0 spiro atoms. The maximum atomic E-state index is 13.8. The van der Waals surface area contributed by atoms with Crippen molar-refractivity contribution in [3.8, 4) is 11.1 Å². The van der Waals surface area contributed by atoms with Crippen molar-refractivity contribution in [3.63, 3.8) is 0 Å². The Kier molecular flexibility index (Phi) is 11.0. The molecule has 0 saturated carbocycles. The molecule has 232 valence electrons. The first-order chi connectivity index (χ1) is 20.1. The Labute approximate surface area is 250 Å². The summed E-state index contributed by atoms with van der Waals surface area (Å²) in [6.07, 6.45) is -3.85. The summed E-state index contributed by atoms with van der Waals surface area (Å²) in [6, 6.07) is 11.7. The molecule has 0 aliphatic carbocycles. The molecule has 2 atom stereocenters. The second kappa shape index (κ2) is 14.0. The molecule has 0 fully saturated rings. The highest BCUT2D eigenvalue weighted by Gasteiger charge is 2.35.